The summed E-state index contributed by atoms with van der Waals surface area (Å²) in [4.78, 5) is 0. The van der Waals surface area contributed by atoms with Crippen LogP contribution < -0.4 is 5.32 Å². The highest BCUT2D eigenvalue weighted by Crippen LogP contribution is 2.18. The molecule has 0 aromatic heterocycles. The Morgan fingerprint density at radius 2 is 1.88 bits per heavy atom. The Labute approximate surface area is 94.6 Å². The maximum absolute atomic E-state index is 12.0. The lowest BCUT2D eigenvalue weighted by Crippen LogP contribution is -2.30. The van der Waals surface area contributed by atoms with Crippen LogP contribution in [0.3, 0.4) is 0 Å². The summed E-state index contributed by atoms with van der Waals surface area (Å²) < 4.78 is 29.1. The zero-order valence-electron chi connectivity index (χ0n) is 9.49. The van der Waals surface area contributed by atoms with Crippen LogP contribution >= 0.6 is 0 Å². The fourth-order valence-corrected chi connectivity index (χ4v) is 1.65. The van der Waals surface area contributed by atoms with Crippen molar-refractivity contribution in [3.63, 3.8) is 0 Å². The largest absolute Gasteiger partial charge is 0.371 e. The summed E-state index contributed by atoms with van der Waals surface area (Å²) in [6.45, 7) is 1.27. The first-order chi connectivity index (χ1) is 7.65. The minimum absolute atomic E-state index is 0.0695. The first-order valence-electron chi connectivity index (χ1n) is 5.27. The van der Waals surface area contributed by atoms with Crippen LogP contribution in [0.25, 0.3) is 0 Å². The molecule has 0 aliphatic heterocycles. The van der Waals surface area contributed by atoms with Crippen molar-refractivity contribution in [3.8, 4) is 0 Å². The van der Waals surface area contributed by atoms with Crippen molar-refractivity contribution in [2.75, 3.05) is 13.7 Å². The molecule has 1 aromatic carbocycles. The van der Waals surface area contributed by atoms with Gasteiger partial charge in [-0.15, -0.1) is 0 Å². The fraction of sp³-hybridized carbons (Fsp3) is 0.500. The zero-order chi connectivity index (χ0) is 12.0. The number of halogens is 2. The van der Waals surface area contributed by atoms with Crippen LogP contribution in [-0.4, -0.2) is 26.2 Å². The predicted molar refractivity (Wildman–Crippen MR) is 59.7 cm³/mol. The average Bonchev–Trinajstić information content (AvgIpc) is 2.29. The van der Waals surface area contributed by atoms with Gasteiger partial charge in [-0.2, -0.15) is 0 Å². The molecule has 1 aromatic rings. The summed E-state index contributed by atoms with van der Waals surface area (Å²) >= 11 is 0. The van der Waals surface area contributed by atoms with E-state index in [4.69, 9.17) is 4.74 Å². The molecule has 1 N–H and O–H groups in total. The van der Waals surface area contributed by atoms with Gasteiger partial charge < -0.3 is 10.1 Å². The van der Waals surface area contributed by atoms with Gasteiger partial charge in [-0.25, -0.2) is 8.78 Å². The average molecular weight is 229 g/mol. The number of hydrogen-bond donors (Lipinski definition) is 1. The van der Waals surface area contributed by atoms with E-state index in [2.05, 4.69) is 5.32 Å². The van der Waals surface area contributed by atoms with Crippen molar-refractivity contribution in [1.82, 2.24) is 5.32 Å². The maximum Gasteiger partial charge on any atom is 0.261 e. The van der Waals surface area contributed by atoms with Crippen LogP contribution in [0.15, 0.2) is 30.3 Å². The Bertz CT molecular complexity index is 292. The Kier molecular flexibility index (Phi) is 5.35. The van der Waals surface area contributed by atoms with Gasteiger partial charge in [-0.3, -0.25) is 0 Å². The zero-order valence-corrected chi connectivity index (χ0v) is 9.49. The number of alkyl halides is 2. The van der Waals surface area contributed by atoms with E-state index in [-0.39, 0.29) is 12.1 Å². The molecule has 90 valence electrons. The third-order valence-corrected chi connectivity index (χ3v) is 2.42. The second kappa shape index (κ2) is 6.55. The van der Waals surface area contributed by atoms with Gasteiger partial charge in [-0.1, -0.05) is 30.3 Å². The lowest BCUT2D eigenvalue weighted by molar-refractivity contribution is -0.0300. The summed E-state index contributed by atoms with van der Waals surface area (Å²) in [5, 5.41) is 3.07. The van der Waals surface area contributed by atoms with Crippen molar-refractivity contribution >= 4 is 0 Å². The van der Waals surface area contributed by atoms with Crippen molar-refractivity contribution in [3.05, 3.63) is 35.9 Å². The minimum Gasteiger partial charge on any atom is -0.371 e. The molecule has 0 fully saturated rings. The summed E-state index contributed by atoms with van der Waals surface area (Å²) in [7, 11) is 1.79. The first-order valence-corrected chi connectivity index (χ1v) is 5.27. The van der Waals surface area contributed by atoms with Crippen LogP contribution in [-0.2, 0) is 4.74 Å². The van der Waals surface area contributed by atoms with Crippen LogP contribution in [0, 0.1) is 0 Å². The third kappa shape index (κ3) is 3.87. The van der Waals surface area contributed by atoms with E-state index >= 15 is 0 Å². The van der Waals surface area contributed by atoms with Gasteiger partial charge in [0.15, 0.2) is 0 Å². The van der Waals surface area contributed by atoms with Crippen LogP contribution in [0.1, 0.15) is 18.5 Å². The lowest BCUT2D eigenvalue weighted by atomic mass is 10.0. The minimum atomic E-state index is -2.42. The van der Waals surface area contributed by atoms with E-state index < -0.39 is 13.0 Å². The molecule has 2 atom stereocenters. The quantitative estimate of drug-likeness (QED) is 0.809. The van der Waals surface area contributed by atoms with Crippen molar-refractivity contribution in [1.29, 1.82) is 0 Å². The highest BCUT2D eigenvalue weighted by molar-refractivity contribution is 5.19. The Hall–Kier alpha value is -1.00. The molecule has 2 unspecified atom stereocenters. The van der Waals surface area contributed by atoms with Gasteiger partial charge in [0.2, 0.25) is 0 Å². The fourth-order valence-electron chi connectivity index (χ4n) is 1.65. The molecule has 0 aliphatic rings. The monoisotopic (exact) mass is 229 g/mol. The summed E-state index contributed by atoms with van der Waals surface area (Å²) in [5.74, 6) is 0. The van der Waals surface area contributed by atoms with Gasteiger partial charge in [0, 0.05) is 0 Å². The highest BCUT2D eigenvalue weighted by Gasteiger charge is 2.19. The van der Waals surface area contributed by atoms with Crippen LogP contribution in [0.4, 0.5) is 8.78 Å². The summed E-state index contributed by atoms with van der Waals surface area (Å²) in [6.07, 6.45) is -2.71. The molecule has 0 saturated heterocycles. The van der Waals surface area contributed by atoms with Crippen molar-refractivity contribution < 1.29 is 13.5 Å². The molecule has 0 amide bonds. The molecule has 0 radical (unpaired) electrons. The molecule has 0 bridgehead atoms. The molecule has 4 heteroatoms. The van der Waals surface area contributed by atoms with E-state index in [0.29, 0.717) is 0 Å². The van der Waals surface area contributed by atoms with E-state index in [1.807, 2.05) is 30.3 Å². The standard InChI is InChI=1S/C12H17F2NO/c1-9(16-8-11(13)14)12(15-2)10-6-4-3-5-7-10/h3-7,9,11-12,15H,8H2,1-2H3. The summed E-state index contributed by atoms with van der Waals surface area (Å²) in [6, 6.07) is 9.58. The van der Waals surface area contributed by atoms with Crippen LogP contribution in [0.5, 0.6) is 0 Å². The SMILES string of the molecule is CNC(c1ccccc1)C(C)OCC(F)F. The molecule has 0 aliphatic carbocycles. The van der Waals surface area contributed by atoms with Crippen molar-refractivity contribution in [2.45, 2.75) is 25.5 Å². The number of ether oxygens (including phenoxy) is 1. The Balaban J connectivity index is 2.60. The first kappa shape index (κ1) is 13.1. The third-order valence-electron chi connectivity index (χ3n) is 2.42. The lowest BCUT2D eigenvalue weighted by Gasteiger charge is -2.24. The topological polar surface area (TPSA) is 21.3 Å². The van der Waals surface area contributed by atoms with Gasteiger partial charge in [0.25, 0.3) is 6.43 Å². The Morgan fingerprint density at radius 1 is 1.25 bits per heavy atom. The van der Waals surface area contributed by atoms with Gasteiger partial charge in [0.1, 0.15) is 6.61 Å². The van der Waals surface area contributed by atoms with Gasteiger partial charge in [-0.05, 0) is 19.5 Å². The van der Waals surface area contributed by atoms with E-state index in [1.165, 1.54) is 0 Å². The molecular formula is C12H17F2NO. The predicted octanol–water partition coefficient (Wildman–Crippen LogP) is 2.62. The van der Waals surface area contributed by atoms with Gasteiger partial charge in [0.05, 0.1) is 12.1 Å². The smallest absolute Gasteiger partial charge is 0.261 e. The molecule has 16 heavy (non-hydrogen) atoms. The summed E-state index contributed by atoms with van der Waals surface area (Å²) in [5.41, 5.74) is 1.03. The second-order valence-corrected chi connectivity index (χ2v) is 3.61. The van der Waals surface area contributed by atoms with Crippen LogP contribution in [0.2, 0.25) is 0 Å². The number of likely N-dealkylation sites (N-methyl/N-ethyl adjacent to an activating group) is 1. The number of rotatable bonds is 6. The van der Waals surface area contributed by atoms with E-state index in [1.54, 1.807) is 14.0 Å². The molecule has 0 spiro atoms. The molecule has 2 nitrogen and oxygen atoms in total. The highest BCUT2D eigenvalue weighted by atomic mass is 19.3. The van der Waals surface area contributed by atoms with Gasteiger partial charge >= 0.3 is 0 Å². The number of nitrogens with one attached hydrogen (secondary N) is 1. The normalized spacial score (nSPS) is 15.1. The molecular weight excluding hydrogens is 212 g/mol. The van der Waals surface area contributed by atoms with Crippen molar-refractivity contribution in [2.24, 2.45) is 0 Å². The number of benzene rings is 1. The maximum atomic E-state index is 12.0. The van der Waals surface area contributed by atoms with E-state index in [9.17, 15) is 8.78 Å². The Morgan fingerprint density at radius 3 is 2.38 bits per heavy atom. The number of hydrogen-bond acceptors (Lipinski definition) is 2. The second-order valence-electron chi connectivity index (χ2n) is 3.61. The molecule has 1 rings (SSSR count). The molecule has 0 heterocycles. The van der Waals surface area contributed by atoms with E-state index in [0.717, 1.165) is 5.56 Å². The molecule has 0 saturated carbocycles.